The molecule has 0 bridgehead atoms. The van der Waals surface area contributed by atoms with Gasteiger partial charge in [0.15, 0.2) is 0 Å². The van der Waals surface area contributed by atoms with Crippen molar-refractivity contribution in [3.63, 3.8) is 0 Å². The minimum absolute atomic E-state index is 0. The maximum absolute atomic E-state index is 12.0. The predicted octanol–water partition coefficient (Wildman–Crippen LogP) is 1.77. The molecule has 0 amide bonds. The number of halogens is 4. The van der Waals surface area contributed by atoms with E-state index in [4.69, 9.17) is 5.11 Å². The van der Waals surface area contributed by atoms with Crippen LogP contribution < -0.4 is 0 Å². The Kier molecular flexibility index (Phi) is 5.37. The highest BCUT2D eigenvalue weighted by Crippen LogP contribution is 2.22. The average molecular weight is 248 g/mol. The van der Waals surface area contributed by atoms with Crippen molar-refractivity contribution in [3.8, 4) is 0 Å². The fourth-order valence-corrected chi connectivity index (χ4v) is 1.65. The van der Waals surface area contributed by atoms with Crippen LogP contribution in [0, 0.1) is 5.92 Å². The van der Waals surface area contributed by atoms with Crippen molar-refractivity contribution in [1.82, 2.24) is 4.90 Å². The summed E-state index contributed by atoms with van der Waals surface area (Å²) in [6, 6.07) is 0. The van der Waals surface area contributed by atoms with Crippen LogP contribution in [0.4, 0.5) is 13.2 Å². The van der Waals surface area contributed by atoms with Crippen LogP contribution in [0.1, 0.15) is 12.8 Å². The molecule has 1 atom stereocenters. The summed E-state index contributed by atoms with van der Waals surface area (Å²) >= 11 is 0. The first kappa shape index (κ1) is 14.5. The van der Waals surface area contributed by atoms with E-state index in [0.29, 0.717) is 19.4 Å². The number of likely N-dealkylation sites (tertiary alicyclic amines) is 1. The number of carboxylic acid groups (broad SMARTS) is 1. The number of rotatable bonds is 2. The van der Waals surface area contributed by atoms with Gasteiger partial charge in [0.2, 0.25) is 0 Å². The molecule has 1 fully saturated rings. The maximum atomic E-state index is 12.0. The van der Waals surface area contributed by atoms with Crippen LogP contribution in [0.2, 0.25) is 0 Å². The molecule has 0 radical (unpaired) electrons. The topological polar surface area (TPSA) is 40.5 Å². The number of hydrogen-bond donors (Lipinski definition) is 1. The van der Waals surface area contributed by atoms with Gasteiger partial charge >= 0.3 is 12.1 Å². The van der Waals surface area contributed by atoms with E-state index < -0.39 is 24.6 Å². The molecule has 0 spiro atoms. The third kappa shape index (κ3) is 5.22. The van der Waals surface area contributed by atoms with Crippen molar-refractivity contribution in [2.24, 2.45) is 5.92 Å². The highest BCUT2D eigenvalue weighted by Gasteiger charge is 2.34. The molecule has 1 aliphatic heterocycles. The lowest BCUT2D eigenvalue weighted by Crippen LogP contribution is -2.43. The van der Waals surface area contributed by atoms with Gasteiger partial charge in [-0.15, -0.1) is 12.4 Å². The highest BCUT2D eigenvalue weighted by atomic mass is 35.5. The Balaban J connectivity index is 0.00000196. The van der Waals surface area contributed by atoms with Crippen molar-refractivity contribution < 1.29 is 23.1 Å². The average Bonchev–Trinajstić information content (AvgIpc) is 2.01. The molecule has 0 saturated carbocycles. The molecule has 1 saturated heterocycles. The SMILES string of the molecule is Cl.O=C(O)C1CCCN(CC(F)(F)F)C1. The molecule has 1 heterocycles. The molecule has 15 heavy (non-hydrogen) atoms. The molecular formula is C8H13ClF3NO2. The van der Waals surface area contributed by atoms with E-state index in [2.05, 4.69) is 0 Å². The summed E-state index contributed by atoms with van der Waals surface area (Å²) in [5.74, 6) is -1.65. The fraction of sp³-hybridized carbons (Fsp3) is 0.875. The largest absolute Gasteiger partial charge is 0.481 e. The van der Waals surface area contributed by atoms with Crippen LogP contribution in [-0.2, 0) is 4.79 Å². The lowest BCUT2D eigenvalue weighted by molar-refractivity contribution is -0.157. The van der Waals surface area contributed by atoms with Gasteiger partial charge in [0.1, 0.15) is 0 Å². The monoisotopic (exact) mass is 247 g/mol. The van der Waals surface area contributed by atoms with Gasteiger partial charge in [0.25, 0.3) is 0 Å². The number of carbonyl (C=O) groups is 1. The van der Waals surface area contributed by atoms with Crippen LogP contribution >= 0.6 is 12.4 Å². The molecule has 1 aliphatic rings. The second-order valence-electron chi connectivity index (χ2n) is 3.53. The van der Waals surface area contributed by atoms with Gasteiger partial charge in [-0.05, 0) is 19.4 Å². The quantitative estimate of drug-likeness (QED) is 0.809. The van der Waals surface area contributed by atoms with E-state index >= 15 is 0 Å². The Hall–Kier alpha value is -0.490. The fourth-order valence-electron chi connectivity index (χ4n) is 1.65. The summed E-state index contributed by atoms with van der Waals surface area (Å²) in [4.78, 5) is 11.7. The number of aliphatic carboxylic acids is 1. The molecule has 1 unspecified atom stereocenters. The molecule has 0 aromatic heterocycles. The van der Waals surface area contributed by atoms with Crippen molar-refractivity contribution in [2.45, 2.75) is 19.0 Å². The van der Waals surface area contributed by atoms with Crippen LogP contribution in [0.5, 0.6) is 0 Å². The lowest BCUT2D eigenvalue weighted by atomic mass is 9.98. The minimum atomic E-state index is -4.24. The van der Waals surface area contributed by atoms with E-state index in [1.54, 1.807) is 0 Å². The summed E-state index contributed by atoms with van der Waals surface area (Å²) in [7, 11) is 0. The van der Waals surface area contributed by atoms with Gasteiger partial charge in [-0.25, -0.2) is 0 Å². The predicted molar refractivity (Wildman–Crippen MR) is 50.1 cm³/mol. The number of carboxylic acids is 1. The highest BCUT2D eigenvalue weighted by molar-refractivity contribution is 5.85. The summed E-state index contributed by atoms with van der Waals surface area (Å²) in [5.41, 5.74) is 0. The smallest absolute Gasteiger partial charge is 0.401 e. The third-order valence-electron chi connectivity index (χ3n) is 2.26. The van der Waals surface area contributed by atoms with Gasteiger partial charge in [0.05, 0.1) is 12.5 Å². The van der Waals surface area contributed by atoms with Crippen molar-refractivity contribution in [2.75, 3.05) is 19.6 Å². The Morgan fingerprint density at radius 1 is 1.47 bits per heavy atom. The molecule has 1 N–H and O–H groups in total. The summed E-state index contributed by atoms with van der Waals surface area (Å²) in [5, 5.41) is 8.65. The van der Waals surface area contributed by atoms with E-state index in [-0.39, 0.29) is 19.0 Å². The zero-order valence-electron chi connectivity index (χ0n) is 7.96. The van der Waals surface area contributed by atoms with Crippen LogP contribution in [0.3, 0.4) is 0 Å². The van der Waals surface area contributed by atoms with Crippen LogP contribution in [0.15, 0.2) is 0 Å². The molecule has 0 aromatic carbocycles. The first-order valence-electron chi connectivity index (χ1n) is 4.40. The molecule has 3 nitrogen and oxygen atoms in total. The number of piperidine rings is 1. The standard InChI is InChI=1S/C8H12F3NO2.ClH/c9-8(10,11)5-12-3-1-2-6(4-12)7(13)14;/h6H,1-5H2,(H,13,14);1H. The number of nitrogens with zero attached hydrogens (tertiary/aromatic N) is 1. The van der Waals surface area contributed by atoms with Crippen molar-refractivity contribution in [1.29, 1.82) is 0 Å². The van der Waals surface area contributed by atoms with Crippen molar-refractivity contribution in [3.05, 3.63) is 0 Å². The molecule has 90 valence electrons. The van der Waals surface area contributed by atoms with Gasteiger partial charge in [0, 0.05) is 6.54 Å². The lowest BCUT2D eigenvalue weighted by Gasteiger charge is -2.30. The second-order valence-corrected chi connectivity index (χ2v) is 3.53. The minimum Gasteiger partial charge on any atom is -0.481 e. The number of alkyl halides is 3. The summed E-state index contributed by atoms with van der Waals surface area (Å²) in [6.07, 6.45) is -3.24. The molecule has 7 heteroatoms. The van der Waals surface area contributed by atoms with Gasteiger partial charge < -0.3 is 5.11 Å². The van der Waals surface area contributed by atoms with Crippen LogP contribution in [0.25, 0.3) is 0 Å². The summed E-state index contributed by atoms with van der Waals surface area (Å²) < 4.78 is 35.9. The van der Waals surface area contributed by atoms with Gasteiger partial charge in [-0.1, -0.05) is 0 Å². The first-order valence-corrected chi connectivity index (χ1v) is 4.40. The zero-order chi connectivity index (χ0) is 10.8. The second kappa shape index (κ2) is 5.55. The van der Waals surface area contributed by atoms with E-state index in [1.807, 2.05) is 0 Å². The molecule has 0 aromatic rings. The van der Waals surface area contributed by atoms with Crippen LogP contribution in [-0.4, -0.2) is 41.8 Å². The van der Waals surface area contributed by atoms with Crippen molar-refractivity contribution >= 4 is 18.4 Å². The van der Waals surface area contributed by atoms with Gasteiger partial charge in [-0.3, -0.25) is 9.69 Å². The Bertz CT molecular complexity index is 222. The number of hydrogen-bond acceptors (Lipinski definition) is 2. The zero-order valence-corrected chi connectivity index (χ0v) is 8.77. The third-order valence-corrected chi connectivity index (χ3v) is 2.26. The molecular weight excluding hydrogens is 235 g/mol. The molecule has 1 rings (SSSR count). The van der Waals surface area contributed by atoms with E-state index in [1.165, 1.54) is 0 Å². The Morgan fingerprint density at radius 2 is 2.07 bits per heavy atom. The first-order chi connectivity index (χ1) is 6.38. The summed E-state index contributed by atoms with van der Waals surface area (Å²) in [6.45, 7) is -0.658. The Labute approximate surface area is 91.7 Å². The normalized spacial score (nSPS) is 23.3. The maximum Gasteiger partial charge on any atom is 0.401 e. The Morgan fingerprint density at radius 3 is 2.53 bits per heavy atom. The van der Waals surface area contributed by atoms with E-state index in [9.17, 15) is 18.0 Å². The van der Waals surface area contributed by atoms with Gasteiger partial charge in [-0.2, -0.15) is 13.2 Å². The molecule has 0 aliphatic carbocycles. The van der Waals surface area contributed by atoms with E-state index in [0.717, 1.165) is 4.90 Å².